The third-order valence-corrected chi connectivity index (χ3v) is 5.76. The first-order valence-corrected chi connectivity index (χ1v) is 11.1. The molecule has 4 rings (SSSR count). The molecule has 0 fully saturated rings. The molecule has 0 atom stereocenters. The highest BCUT2D eigenvalue weighted by atomic mass is 16.5. The van der Waals surface area contributed by atoms with Crippen LogP contribution in [0.15, 0.2) is 66.7 Å². The lowest BCUT2D eigenvalue weighted by Gasteiger charge is -2.23. The van der Waals surface area contributed by atoms with Crippen LogP contribution in [0.4, 0.5) is 16.2 Å². The van der Waals surface area contributed by atoms with E-state index in [2.05, 4.69) is 5.32 Å². The van der Waals surface area contributed by atoms with Gasteiger partial charge in [-0.05, 0) is 55.8 Å². The van der Waals surface area contributed by atoms with Gasteiger partial charge < -0.3 is 19.9 Å². The molecule has 6 heteroatoms. The summed E-state index contributed by atoms with van der Waals surface area (Å²) in [6.45, 7) is 7.41. The third kappa shape index (κ3) is 5.52. The van der Waals surface area contributed by atoms with Crippen molar-refractivity contribution >= 4 is 23.3 Å². The Hall–Kier alpha value is -3.80. The smallest absolute Gasteiger partial charge is 0.322 e. The summed E-state index contributed by atoms with van der Waals surface area (Å²) >= 11 is 0. The van der Waals surface area contributed by atoms with Crippen molar-refractivity contribution in [2.45, 2.75) is 33.9 Å². The zero-order valence-electron chi connectivity index (χ0n) is 19.3. The predicted octanol–water partition coefficient (Wildman–Crippen LogP) is 5.28. The topological polar surface area (TPSA) is 61.9 Å². The quantitative estimate of drug-likeness (QED) is 0.597. The fraction of sp³-hybridized carbons (Fsp3) is 0.259. The lowest BCUT2D eigenvalue weighted by atomic mass is 10.1. The number of benzene rings is 3. The molecule has 1 aliphatic rings. The van der Waals surface area contributed by atoms with Crippen LogP contribution in [-0.4, -0.2) is 30.0 Å². The second kappa shape index (κ2) is 9.77. The van der Waals surface area contributed by atoms with Crippen LogP contribution in [0.2, 0.25) is 0 Å². The zero-order chi connectivity index (χ0) is 23.4. The maximum Gasteiger partial charge on any atom is 0.322 e. The zero-order valence-corrected chi connectivity index (χ0v) is 19.3. The number of urea groups is 1. The van der Waals surface area contributed by atoms with Crippen LogP contribution in [0, 0.1) is 13.8 Å². The van der Waals surface area contributed by atoms with Crippen LogP contribution >= 0.6 is 0 Å². The number of carbonyl (C=O) groups excluding carboxylic acids is 2. The van der Waals surface area contributed by atoms with Crippen LogP contribution < -0.4 is 15.0 Å². The summed E-state index contributed by atoms with van der Waals surface area (Å²) in [4.78, 5) is 28.7. The average Bonchev–Trinajstić information content (AvgIpc) is 3.02. The maximum absolute atomic E-state index is 12.9. The largest absolute Gasteiger partial charge is 0.491 e. The molecule has 3 amide bonds. The van der Waals surface area contributed by atoms with Gasteiger partial charge in [0.05, 0.1) is 19.6 Å². The molecule has 6 nitrogen and oxygen atoms in total. The highest BCUT2D eigenvalue weighted by Crippen LogP contribution is 2.27. The van der Waals surface area contributed by atoms with Gasteiger partial charge in [-0.15, -0.1) is 0 Å². The minimum Gasteiger partial charge on any atom is -0.491 e. The molecular formula is C27H29N3O3. The highest BCUT2D eigenvalue weighted by Gasteiger charge is 2.21. The molecular weight excluding hydrogens is 414 g/mol. The molecule has 0 spiro atoms. The van der Waals surface area contributed by atoms with Gasteiger partial charge in [-0.3, -0.25) is 4.79 Å². The molecule has 1 heterocycles. The molecule has 3 aromatic carbocycles. The van der Waals surface area contributed by atoms with Crippen molar-refractivity contribution in [2.24, 2.45) is 0 Å². The van der Waals surface area contributed by atoms with Crippen molar-refractivity contribution in [1.29, 1.82) is 0 Å². The Morgan fingerprint density at radius 2 is 1.64 bits per heavy atom. The lowest BCUT2D eigenvalue weighted by molar-refractivity contribution is -0.116. The number of fused-ring (bicyclic) bond motifs is 1. The molecule has 3 aromatic rings. The number of nitrogens with one attached hydrogen (secondary N) is 1. The molecule has 170 valence electrons. The summed E-state index contributed by atoms with van der Waals surface area (Å²) in [6.07, 6.45) is 0. The van der Waals surface area contributed by atoms with E-state index in [1.807, 2.05) is 80.6 Å². The van der Waals surface area contributed by atoms with Gasteiger partial charge in [0.2, 0.25) is 5.91 Å². The predicted molar refractivity (Wildman–Crippen MR) is 131 cm³/mol. The fourth-order valence-electron chi connectivity index (χ4n) is 3.85. The summed E-state index contributed by atoms with van der Waals surface area (Å²) in [5, 5.41) is 2.96. The molecule has 1 aliphatic heterocycles. The monoisotopic (exact) mass is 443 g/mol. The van der Waals surface area contributed by atoms with Gasteiger partial charge in [-0.1, -0.05) is 41.5 Å². The standard InChI is InChI=1S/C27H29N3O3/c1-19-4-9-24(10-5-19)28-27(32)29-14-15-33-26-13-8-22(16-23(26)18-29)17-30(21(3)31)25-11-6-20(2)7-12-25/h4-13,16H,14-15,17-18H2,1-3H3,(H,28,32). The van der Waals surface area contributed by atoms with E-state index in [0.717, 1.165) is 39.4 Å². The van der Waals surface area contributed by atoms with Crippen molar-refractivity contribution in [3.05, 3.63) is 89.0 Å². The first-order chi connectivity index (χ1) is 15.9. The molecule has 0 radical (unpaired) electrons. The lowest BCUT2D eigenvalue weighted by Crippen LogP contribution is -2.36. The number of rotatable bonds is 4. The van der Waals surface area contributed by atoms with Crippen LogP contribution in [0.5, 0.6) is 5.75 Å². The molecule has 0 aliphatic carbocycles. The summed E-state index contributed by atoms with van der Waals surface area (Å²) in [5.74, 6) is 0.748. The van der Waals surface area contributed by atoms with Gasteiger partial charge >= 0.3 is 6.03 Å². The first kappa shape index (κ1) is 22.4. The van der Waals surface area contributed by atoms with Crippen LogP contribution in [0.3, 0.4) is 0 Å². The molecule has 0 saturated heterocycles. The molecule has 33 heavy (non-hydrogen) atoms. The van der Waals surface area contributed by atoms with Gasteiger partial charge in [0.25, 0.3) is 0 Å². The van der Waals surface area contributed by atoms with Crippen molar-refractivity contribution < 1.29 is 14.3 Å². The van der Waals surface area contributed by atoms with Crippen molar-refractivity contribution in [1.82, 2.24) is 4.90 Å². The number of hydrogen-bond acceptors (Lipinski definition) is 3. The van der Waals surface area contributed by atoms with E-state index in [0.29, 0.717) is 26.2 Å². The Kier molecular flexibility index (Phi) is 6.63. The van der Waals surface area contributed by atoms with Gasteiger partial charge in [0.15, 0.2) is 0 Å². The first-order valence-electron chi connectivity index (χ1n) is 11.1. The molecule has 0 bridgehead atoms. The summed E-state index contributed by atoms with van der Waals surface area (Å²) in [6, 6.07) is 21.4. The highest BCUT2D eigenvalue weighted by molar-refractivity contribution is 5.91. The number of amides is 3. The van der Waals surface area contributed by atoms with Crippen molar-refractivity contribution in [3.8, 4) is 5.75 Å². The van der Waals surface area contributed by atoms with Crippen LogP contribution in [-0.2, 0) is 17.9 Å². The second-order valence-corrected chi connectivity index (χ2v) is 8.45. The fourth-order valence-corrected chi connectivity index (χ4v) is 3.85. The van der Waals surface area contributed by atoms with Crippen LogP contribution in [0.1, 0.15) is 29.2 Å². The van der Waals surface area contributed by atoms with E-state index in [1.165, 1.54) is 0 Å². The van der Waals surface area contributed by atoms with Gasteiger partial charge in [0, 0.05) is 23.9 Å². The molecule has 0 aromatic heterocycles. The number of ether oxygens (including phenoxy) is 1. The van der Waals surface area contributed by atoms with E-state index in [-0.39, 0.29) is 11.9 Å². The molecule has 1 N–H and O–H groups in total. The number of aryl methyl sites for hydroxylation is 2. The minimum atomic E-state index is -0.161. The second-order valence-electron chi connectivity index (χ2n) is 8.45. The normalized spacial score (nSPS) is 12.9. The number of anilines is 2. The van der Waals surface area contributed by atoms with E-state index >= 15 is 0 Å². The van der Waals surface area contributed by atoms with Gasteiger partial charge in [-0.25, -0.2) is 4.79 Å². The average molecular weight is 444 g/mol. The third-order valence-electron chi connectivity index (χ3n) is 5.76. The Labute approximate surface area is 194 Å². The van der Waals surface area contributed by atoms with E-state index < -0.39 is 0 Å². The summed E-state index contributed by atoms with van der Waals surface area (Å²) in [5.41, 5.74) is 5.82. The van der Waals surface area contributed by atoms with Crippen LogP contribution in [0.25, 0.3) is 0 Å². The summed E-state index contributed by atoms with van der Waals surface area (Å²) < 4.78 is 5.90. The molecule has 0 unspecified atom stereocenters. The SMILES string of the molecule is CC(=O)N(Cc1ccc2c(c1)CN(C(=O)Nc1ccc(C)cc1)CCO2)c1ccc(C)cc1. The van der Waals surface area contributed by atoms with Crippen molar-refractivity contribution in [3.63, 3.8) is 0 Å². The Morgan fingerprint density at radius 3 is 2.30 bits per heavy atom. The summed E-state index contributed by atoms with van der Waals surface area (Å²) in [7, 11) is 0. The number of hydrogen-bond donors (Lipinski definition) is 1. The van der Waals surface area contributed by atoms with Gasteiger partial charge in [-0.2, -0.15) is 0 Å². The maximum atomic E-state index is 12.9. The Balaban J connectivity index is 1.51. The Morgan fingerprint density at radius 1 is 0.970 bits per heavy atom. The molecule has 0 saturated carbocycles. The van der Waals surface area contributed by atoms with E-state index in [4.69, 9.17) is 4.74 Å². The van der Waals surface area contributed by atoms with E-state index in [1.54, 1.807) is 16.7 Å². The Bertz CT molecular complexity index is 1140. The number of carbonyl (C=O) groups is 2. The number of nitrogens with zero attached hydrogens (tertiary/aromatic N) is 2. The van der Waals surface area contributed by atoms with Crippen molar-refractivity contribution in [2.75, 3.05) is 23.4 Å². The minimum absolute atomic E-state index is 0.0239. The van der Waals surface area contributed by atoms with E-state index in [9.17, 15) is 9.59 Å². The van der Waals surface area contributed by atoms with Gasteiger partial charge in [0.1, 0.15) is 12.4 Å².